The van der Waals surface area contributed by atoms with Crippen LogP contribution in [0, 0.1) is 0 Å². The first kappa shape index (κ1) is 9.34. The fraction of sp³-hybridized carbons (Fsp3) is 0.750. The topological polar surface area (TPSA) is 29.1 Å². The van der Waals surface area contributed by atoms with Gasteiger partial charge in [-0.15, -0.1) is 0 Å². The molecule has 5 heteroatoms. The first-order valence-electron chi connectivity index (χ1n) is 2.23. The largest absolute Gasteiger partial charge is 0.352 e. The Morgan fingerprint density at radius 2 is 2.00 bits per heavy atom. The molecule has 0 aliphatic rings. The summed E-state index contributed by atoms with van der Waals surface area (Å²) in [7, 11) is 0. The molecule has 0 aliphatic heterocycles. The maximum absolute atomic E-state index is 10.2. The van der Waals surface area contributed by atoms with Crippen LogP contribution in [-0.2, 0) is 4.79 Å². The second-order valence-electron chi connectivity index (χ2n) is 1.52. The van der Waals surface area contributed by atoms with Gasteiger partial charge in [0.2, 0.25) is 9.70 Å². The van der Waals surface area contributed by atoms with E-state index in [1.165, 1.54) is 6.92 Å². The van der Waals surface area contributed by atoms with Crippen LogP contribution in [0.25, 0.3) is 0 Å². The second-order valence-corrected chi connectivity index (χ2v) is 4.04. The van der Waals surface area contributed by atoms with Gasteiger partial charge in [-0.3, -0.25) is 4.79 Å². The molecule has 0 aliphatic carbocycles. The zero-order valence-electron chi connectivity index (χ0n) is 4.75. The molecule has 0 unspecified atom stereocenters. The number of amides is 1. The average Bonchev–Trinajstić information content (AvgIpc) is 1.59. The average molecular weight is 190 g/mol. The summed E-state index contributed by atoms with van der Waals surface area (Å²) >= 11 is 15.9. The Bertz CT molecular complexity index is 109. The molecular weight excluding hydrogens is 184 g/mol. The van der Waals surface area contributed by atoms with Gasteiger partial charge in [-0.2, -0.15) is 0 Å². The lowest BCUT2D eigenvalue weighted by atomic mass is 10.6. The van der Waals surface area contributed by atoms with Crippen LogP contribution < -0.4 is 5.32 Å². The van der Waals surface area contributed by atoms with E-state index in [1.54, 1.807) is 0 Å². The van der Waals surface area contributed by atoms with Gasteiger partial charge in [0.05, 0.1) is 6.54 Å². The van der Waals surface area contributed by atoms with Crippen molar-refractivity contribution in [2.45, 2.75) is 10.7 Å². The molecule has 0 aromatic carbocycles. The molecule has 0 saturated carbocycles. The van der Waals surface area contributed by atoms with E-state index in [0.29, 0.717) is 0 Å². The highest BCUT2D eigenvalue weighted by Gasteiger charge is 2.18. The third-order valence-electron chi connectivity index (χ3n) is 0.538. The number of alkyl halides is 3. The minimum atomic E-state index is -1.38. The molecule has 0 spiro atoms. The second kappa shape index (κ2) is 3.49. The molecule has 0 aromatic rings. The van der Waals surface area contributed by atoms with Crippen LogP contribution in [0.4, 0.5) is 0 Å². The number of rotatable bonds is 1. The first-order valence-corrected chi connectivity index (χ1v) is 3.36. The molecule has 0 atom stereocenters. The summed E-state index contributed by atoms with van der Waals surface area (Å²) in [5, 5.41) is 2.35. The molecule has 0 saturated heterocycles. The van der Waals surface area contributed by atoms with Crippen molar-refractivity contribution >= 4 is 40.7 Å². The van der Waals surface area contributed by atoms with Crippen molar-refractivity contribution in [3.05, 3.63) is 0 Å². The van der Waals surface area contributed by atoms with Crippen molar-refractivity contribution in [3.8, 4) is 0 Å². The highest BCUT2D eigenvalue weighted by Crippen LogP contribution is 2.24. The lowest BCUT2D eigenvalue weighted by molar-refractivity contribution is -0.118. The number of halogens is 3. The normalized spacial score (nSPS) is 11.1. The minimum absolute atomic E-state index is 0.0486. The summed E-state index contributed by atoms with van der Waals surface area (Å²) in [6, 6.07) is 0. The Morgan fingerprint density at radius 1 is 1.56 bits per heavy atom. The molecule has 0 heterocycles. The van der Waals surface area contributed by atoms with Gasteiger partial charge in [0, 0.05) is 6.92 Å². The van der Waals surface area contributed by atoms with E-state index in [4.69, 9.17) is 34.8 Å². The number of carbonyl (C=O) groups is 1. The molecule has 9 heavy (non-hydrogen) atoms. The molecule has 0 radical (unpaired) electrons. The minimum Gasteiger partial charge on any atom is -0.352 e. The van der Waals surface area contributed by atoms with Crippen molar-refractivity contribution < 1.29 is 4.79 Å². The van der Waals surface area contributed by atoms with E-state index in [0.717, 1.165) is 0 Å². The maximum Gasteiger partial charge on any atom is 0.217 e. The molecule has 0 rings (SSSR count). The lowest BCUT2D eigenvalue weighted by Crippen LogP contribution is -2.29. The van der Waals surface area contributed by atoms with Crippen molar-refractivity contribution in [3.63, 3.8) is 0 Å². The summed E-state index contributed by atoms with van der Waals surface area (Å²) in [4.78, 5) is 10.2. The van der Waals surface area contributed by atoms with Gasteiger partial charge in [0.25, 0.3) is 0 Å². The van der Waals surface area contributed by atoms with Gasteiger partial charge >= 0.3 is 0 Å². The van der Waals surface area contributed by atoms with Crippen molar-refractivity contribution in [2.24, 2.45) is 0 Å². The zero-order valence-corrected chi connectivity index (χ0v) is 7.02. The van der Waals surface area contributed by atoms with Gasteiger partial charge < -0.3 is 5.32 Å². The lowest BCUT2D eigenvalue weighted by Gasteiger charge is -2.09. The van der Waals surface area contributed by atoms with Crippen LogP contribution in [0.3, 0.4) is 0 Å². The number of hydrogen-bond acceptors (Lipinski definition) is 1. The fourth-order valence-electron chi connectivity index (χ4n) is 0.225. The highest BCUT2D eigenvalue weighted by atomic mass is 35.6. The summed E-state index contributed by atoms with van der Waals surface area (Å²) < 4.78 is -1.38. The molecule has 0 fully saturated rings. The van der Waals surface area contributed by atoms with Gasteiger partial charge in [0.1, 0.15) is 0 Å². The predicted octanol–water partition coefficient (Wildman–Crippen LogP) is 1.49. The molecule has 2 nitrogen and oxygen atoms in total. The van der Waals surface area contributed by atoms with Crippen LogP contribution in [0.2, 0.25) is 0 Å². The van der Waals surface area contributed by atoms with Crippen LogP contribution in [-0.4, -0.2) is 16.2 Å². The summed E-state index contributed by atoms with van der Waals surface area (Å²) in [5.74, 6) is -0.207. The third kappa shape index (κ3) is 8.34. The molecular formula is C4H6Cl3NO. The summed E-state index contributed by atoms with van der Waals surface area (Å²) in [6.07, 6.45) is 0. The van der Waals surface area contributed by atoms with Crippen LogP contribution in [0.1, 0.15) is 6.92 Å². The standard InChI is InChI=1S/C4H6Cl3NO/c1-3(9)8-2-4(5,6)7/h2H2,1H3,(H,8,9). The molecule has 0 aromatic heterocycles. The predicted molar refractivity (Wildman–Crippen MR) is 39.0 cm³/mol. The molecule has 0 bridgehead atoms. The van der Waals surface area contributed by atoms with Gasteiger partial charge in [-0.05, 0) is 0 Å². The third-order valence-corrected chi connectivity index (χ3v) is 0.939. The number of nitrogens with one attached hydrogen (secondary N) is 1. The Kier molecular flexibility index (Phi) is 3.63. The van der Waals surface area contributed by atoms with E-state index < -0.39 is 3.79 Å². The Hall–Kier alpha value is 0.340. The van der Waals surface area contributed by atoms with Crippen LogP contribution >= 0.6 is 34.8 Å². The molecule has 1 amide bonds. The molecule has 1 N–H and O–H groups in total. The van der Waals surface area contributed by atoms with Crippen molar-refractivity contribution in [1.82, 2.24) is 5.32 Å². The highest BCUT2D eigenvalue weighted by molar-refractivity contribution is 6.67. The quantitative estimate of drug-likeness (QED) is 0.624. The maximum atomic E-state index is 10.2. The van der Waals surface area contributed by atoms with Crippen LogP contribution in [0.5, 0.6) is 0 Å². The Balaban J connectivity index is 3.39. The van der Waals surface area contributed by atoms with E-state index in [2.05, 4.69) is 5.32 Å². The summed E-state index contributed by atoms with van der Waals surface area (Å²) in [5.41, 5.74) is 0. The number of carbonyl (C=O) groups excluding carboxylic acids is 1. The Morgan fingerprint density at radius 3 is 2.11 bits per heavy atom. The molecule has 54 valence electrons. The summed E-state index contributed by atoms with van der Waals surface area (Å²) in [6.45, 7) is 1.41. The SMILES string of the molecule is CC(=O)NCC(Cl)(Cl)Cl. The van der Waals surface area contributed by atoms with E-state index in [-0.39, 0.29) is 12.5 Å². The van der Waals surface area contributed by atoms with Crippen molar-refractivity contribution in [1.29, 1.82) is 0 Å². The number of hydrogen-bond donors (Lipinski definition) is 1. The Labute approximate surface area is 68.5 Å². The van der Waals surface area contributed by atoms with E-state index in [9.17, 15) is 4.79 Å². The van der Waals surface area contributed by atoms with E-state index in [1.807, 2.05) is 0 Å². The van der Waals surface area contributed by atoms with E-state index >= 15 is 0 Å². The fourth-order valence-corrected chi connectivity index (χ4v) is 0.425. The van der Waals surface area contributed by atoms with Crippen LogP contribution in [0.15, 0.2) is 0 Å². The van der Waals surface area contributed by atoms with Crippen molar-refractivity contribution in [2.75, 3.05) is 6.54 Å². The van der Waals surface area contributed by atoms with Gasteiger partial charge in [0.15, 0.2) is 0 Å². The van der Waals surface area contributed by atoms with Gasteiger partial charge in [-0.1, -0.05) is 34.8 Å². The first-order chi connectivity index (χ1) is 3.92. The van der Waals surface area contributed by atoms with Gasteiger partial charge in [-0.25, -0.2) is 0 Å². The zero-order chi connectivity index (χ0) is 7.49. The smallest absolute Gasteiger partial charge is 0.217 e. The monoisotopic (exact) mass is 189 g/mol.